The second-order valence-corrected chi connectivity index (χ2v) is 2.06. The lowest BCUT2D eigenvalue weighted by Crippen LogP contribution is -2.16. The molecule has 0 atom stereocenters. The van der Waals surface area contributed by atoms with Gasteiger partial charge in [0, 0.05) is 19.3 Å². The van der Waals surface area contributed by atoms with Gasteiger partial charge in [-0.3, -0.25) is 4.99 Å². The Morgan fingerprint density at radius 3 is 2.70 bits per heavy atom. The minimum absolute atomic E-state index is 0.854. The molecule has 0 aliphatic rings. The van der Waals surface area contributed by atoms with Crippen molar-refractivity contribution in [2.24, 2.45) is 4.99 Å². The summed E-state index contributed by atoms with van der Waals surface area (Å²) >= 11 is 0. The highest BCUT2D eigenvalue weighted by atomic mass is 14.8. The lowest BCUT2D eigenvalue weighted by atomic mass is 10.3. The van der Waals surface area contributed by atoms with Crippen LogP contribution >= 0.6 is 0 Å². The number of aliphatic imine (C=N–C) groups is 1. The molecule has 0 radical (unpaired) electrons. The van der Waals surface area contributed by atoms with Crippen molar-refractivity contribution in [1.29, 1.82) is 0 Å². The fourth-order valence-electron chi connectivity index (χ4n) is 0.648. The number of hydrogen-bond donors (Lipinski definition) is 1. The highest BCUT2D eigenvalue weighted by Gasteiger charge is 1.86. The van der Waals surface area contributed by atoms with Crippen LogP contribution in [0.25, 0.3) is 0 Å². The maximum absolute atomic E-state index is 4.08. The molecule has 58 valence electrons. The molecule has 0 aromatic carbocycles. The predicted octanol–water partition coefficient (Wildman–Crippen LogP) is 1.24. The number of hydrogen-bond acceptors (Lipinski definition) is 2. The largest absolute Gasteiger partial charge is 0.314 e. The molecule has 0 bridgehead atoms. The molecule has 0 aromatic rings. The van der Waals surface area contributed by atoms with Gasteiger partial charge in [0.25, 0.3) is 0 Å². The number of nitrogens with one attached hydrogen (secondary N) is 1. The molecule has 2 heteroatoms. The first-order valence-electron chi connectivity index (χ1n) is 3.62. The number of rotatable bonds is 4. The van der Waals surface area contributed by atoms with E-state index < -0.39 is 0 Å². The molecule has 0 aromatic heterocycles. The average molecular weight is 140 g/mol. The third-order valence-corrected chi connectivity index (χ3v) is 1.19. The first-order chi connectivity index (χ1) is 4.85. The van der Waals surface area contributed by atoms with E-state index in [9.17, 15) is 0 Å². The minimum atomic E-state index is 0.854. The van der Waals surface area contributed by atoms with E-state index in [1.54, 1.807) is 0 Å². The topological polar surface area (TPSA) is 24.4 Å². The summed E-state index contributed by atoms with van der Waals surface area (Å²) < 4.78 is 0. The molecule has 0 heterocycles. The quantitative estimate of drug-likeness (QED) is 0.584. The Labute approximate surface area is 63.0 Å². The van der Waals surface area contributed by atoms with Crippen LogP contribution < -0.4 is 5.32 Å². The molecule has 1 N–H and O–H groups in total. The number of nitrogens with zero attached hydrogens (tertiary/aromatic N) is 1. The standard InChI is InChI=1S/C8H16N2/c1-4-5-6-8(10-3)7-9-2/h5-6,9H,4,7H2,1-3H3/b6-5-,10-8?. The van der Waals surface area contributed by atoms with E-state index in [1.165, 1.54) is 0 Å². The van der Waals surface area contributed by atoms with Crippen molar-refractivity contribution in [2.75, 3.05) is 20.6 Å². The molecule has 0 unspecified atom stereocenters. The van der Waals surface area contributed by atoms with Crippen molar-refractivity contribution < 1.29 is 0 Å². The first-order valence-corrected chi connectivity index (χ1v) is 3.62. The van der Waals surface area contributed by atoms with Crippen LogP contribution in [0.3, 0.4) is 0 Å². The molecule has 0 spiro atoms. The van der Waals surface area contributed by atoms with Gasteiger partial charge in [0.1, 0.15) is 0 Å². The van der Waals surface area contributed by atoms with Crippen molar-refractivity contribution in [3.63, 3.8) is 0 Å². The Morgan fingerprint density at radius 2 is 2.30 bits per heavy atom. The fraction of sp³-hybridized carbons (Fsp3) is 0.625. The Kier molecular flexibility index (Phi) is 6.08. The van der Waals surface area contributed by atoms with Gasteiger partial charge in [0.05, 0.1) is 0 Å². The van der Waals surface area contributed by atoms with E-state index in [4.69, 9.17) is 0 Å². The van der Waals surface area contributed by atoms with Crippen molar-refractivity contribution in [3.05, 3.63) is 12.2 Å². The van der Waals surface area contributed by atoms with Gasteiger partial charge >= 0.3 is 0 Å². The van der Waals surface area contributed by atoms with E-state index in [0.29, 0.717) is 0 Å². The van der Waals surface area contributed by atoms with E-state index in [0.717, 1.165) is 18.7 Å². The zero-order valence-corrected chi connectivity index (χ0v) is 7.02. The SMILES string of the molecule is CC/C=C\C(CNC)=NC. The van der Waals surface area contributed by atoms with Crippen molar-refractivity contribution >= 4 is 5.71 Å². The van der Waals surface area contributed by atoms with Crippen LogP contribution in [0.2, 0.25) is 0 Å². The van der Waals surface area contributed by atoms with Gasteiger partial charge in [0.15, 0.2) is 0 Å². The Hall–Kier alpha value is -0.630. The highest BCUT2D eigenvalue weighted by Crippen LogP contribution is 1.83. The molecule has 0 fully saturated rings. The summed E-state index contributed by atoms with van der Waals surface area (Å²) in [7, 11) is 3.73. The Morgan fingerprint density at radius 1 is 1.60 bits per heavy atom. The Balaban J connectivity index is 3.72. The number of allylic oxidation sites excluding steroid dienone is 1. The molecular weight excluding hydrogens is 124 g/mol. The lowest BCUT2D eigenvalue weighted by Gasteiger charge is -1.96. The van der Waals surface area contributed by atoms with Crippen LogP contribution in [0.1, 0.15) is 13.3 Å². The van der Waals surface area contributed by atoms with E-state index in [2.05, 4.69) is 29.4 Å². The molecular formula is C8H16N2. The normalized spacial score (nSPS) is 12.9. The maximum Gasteiger partial charge on any atom is 0.0479 e. The Bertz CT molecular complexity index is 125. The lowest BCUT2D eigenvalue weighted by molar-refractivity contribution is 0.946. The fourth-order valence-corrected chi connectivity index (χ4v) is 0.648. The summed E-state index contributed by atoms with van der Waals surface area (Å²) in [6, 6.07) is 0. The molecule has 0 saturated heterocycles. The maximum atomic E-state index is 4.08. The van der Waals surface area contributed by atoms with Gasteiger partial charge in [-0.25, -0.2) is 0 Å². The van der Waals surface area contributed by atoms with Crippen LogP contribution in [0.4, 0.5) is 0 Å². The first kappa shape index (κ1) is 9.37. The summed E-state index contributed by atoms with van der Waals surface area (Å²) in [6.07, 6.45) is 5.24. The third-order valence-electron chi connectivity index (χ3n) is 1.19. The van der Waals surface area contributed by atoms with Crippen molar-refractivity contribution in [3.8, 4) is 0 Å². The van der Waals surface area contributed by atoms with Crippen LogP contribution in [0.15, 0.2) is 17.1 Å². The van der Waals surface area contributed by atoms with Gasteiger partial charge in [-0.1, -0.05) is 13.0 Å². The second kappa shape index (κ2) is 6.49. The van der Waals surface area contributed by atoms with Gasteiger partial charge in [-0.15, -0.1) is 0 Å². The van der Waals surface area contributed by atoms with Gasteiger partial charge in [0.2, 0.25) is 0 Å². The second-order valence-electron chi connectivity index (χ2n) is 2.06. The molecule has 0 aliphatic carbocycles. The van der Waals surface area contributed by atoms with Crippen molar-refractivity contribution in [1.82, 2.24) is 5.32 Å². The zero-order valence-electron chi connectivity index (χ0n) is 7.02. The summed E-state index contributed by atoms with van der Waals surface area (Å²) in [5.41, 5.74) is 1.10. The van der Waals surface area contributed by atoms with Crippen LogP contribution in [0, 0.1) is 0 Å². The average Bonchev–Trinajstić information content (AvgIpc) is 1.98. The van der Waals surface area contributed by atoms with Gasteiger partial charge in [-0.05, 0) is 19.5 Å². The van der Waals surface area contributed by atoms with Crippen LogP contribution in [-0.2, 0) is 0 Å². The molecule has 0 saturated carbocycles. The zero-order chi connectivity index (χ0) is 7.82. The summed E-state index contributed by atoms with van der Waals surface area (Å²) in [4.78, 5) is 4.08. The van der Waals surface area contributed by atoms with E-state index >= 15 is 0 Å². The summed E-state index contributed by atoms with van der Waals surface area (Å²) in [6.45, 7) is 2.97. The molecule has 0 aliphatic heterocycles. The third kappa shape index (κ3) is 4.27. The van der Waals surface area contributed by atoms with E-state index in [-0.39, 0.29) is 0 Å². The summed E-state index contributed by atoms with van der Waals surface area (Å²) in [5.74, 6) is 0. The molecule has 2 nitrogen and oxygen atoms in total. The molecule has 10 heavy (non-hydrogen) atoms. The highest BCUT2D eigenvalue weighted by molar-refractivity contribution is 5.96. The van der Waals surface area contributed by atoms with Crippen molar-refractivity contribution in [2.45, 2.75) is 13.3 Å². The van der Waals surface area contributed by atoms with Crippen LogP contribution in [0.5, 0.6) is 0 Å². The summed E-state index contributed by atoms with van der Waals surface area (Å²) in [5, 5.41) is 3.05. The smallest absolute Gasteiger partial charge is 0.0479 e. The minimum Gasteiger partial charge on any atom is -0.314 e. The van der Waals surface area contributed by atoms with Crippen LogP contribution in [-0.4, -0.2) is 26.4 Å². The predicted molar refractivity (Wildman–Crippen MR) is 46.7 cm³/mol. The molecule has 0 rings (SSSR count). The van der Waals surface area contributed by atoms with Gasteiger partial charge in [-0.2, -0.15) is 0 Å². The molecule has 0 amide bonds. The monoisotopic (exact) mass is 140 g/mol. The van der Waals surface area contributed by atoms with Gasteiger partial charge < -0.3 is 5.32 Å². The van der Waals surface area contributed by atoms with E-state index in [1.807, 2.05) is 14.1 Å².